The molecule has 0 spiro atoms. The highest BCUT2D eigenvalue weighted by Crippen LogP contribution is 2.17. The van der Waals surface area contributed by atoms with Crippen molar-refractivity contribution in [2.45, 2.75) is 13.0 Å². The monoisotopic (exact) mass is 320 g/mol. The zero-order valence-electron chi connectivity index (χ0n) is 10.2. The van der Waals surface area contributed by atoms with Crippen LogP contribution in [-0.4, -0.2) is 11.1 Å². The molecule has 4 heteroatoms. The summed E-state index contributed by atoms with van der Waals surface area (Å²) in [5, 5.41) is 8.68. The molecule has 0 unspecified atom stereocenters. The van der Waals surface area contributed by atoms with E-state index in [2.05, 4.69) is 15.9 Å². The number of hydrogen-bond donors (Lipinski definition) is 1. The van der Waals surface area contributed by atoms with Gasteiger partial charge >= 0.3 is 5.97 Å². The number of benzene rings is 2. The van der Waals surface area contributed by atoms with Gasteiger partial charge in [0.2, 0.25) is 0 Å². The number of carboxylic acid groups (broad SMARTS) is 1. The number of carboxylic acids is 1. The smallest absolute Gasteiger partial charge is 0.307 e. The Morgan fingerprint density at radius 1 is 1.00 bits per heavy atom. The SMILES string of the molecule is O=C(O)Cc1ccc(COc2ccc(Br)cc2)cc1. The van der Waals surface area contributed by atoms with Crippen molar-refractivity contribution in [2.24, 2.45) is 0 Å². The first-order chi connectivity index (χ1) is 9.13. The highest BCUT2D eigenvalue weighted by Gasteiger charge is 2.01. The fourth-order valence-corrected chi connectivity index (χ4v) is 1.89. The second-order valence-electron chi connectivity index (χ2n) is 4.13. The first-order valence-electron chi connectivity index (χ1n) is 5.81. The molecule has 0 bridgehead atoms. The van der Waals surface area contributed by atoms with E-state index < -0.39 is 5.97 Å². The van der Waals surface area contributed by atoms with Crippen LogP contribution >= 0.6 is 15.9 Å². The summed E-state index contributed by atoms with van der Waals surface area (Å²) in [5.41, 5.74) is 1.80. The number of aliphatic carboxylic acids is 1. The Morgan fingerprint density at radius 3 is 2.16 bits per heavy atom. The average Bonchev–Trinajstić information content (AvgIpc) is 2.39. The van der Waals surface area contributed by atoms with E-state index in [1.807, 2.05) is 48.5 Å². The summed E-state index contributed by atoms with van der Waals surface area (Å²) in [6, 6.07) is 15.0. The van der Waals surface area contributed by atoms with Crippen LogP contribution in [0.15, 0.2) is 53.0 Å². The van der Waals surface area contributed by atoms with Gasteiger partial charge in [-0.3, -0.25) is 4.79 Å². The highest BCUT2D eigenvalue weighted by molar-refractivity contribution is 9.10. The third-order valence-corrected chi connectivity index (χ3v) is 3.13. The van der Waals surface area contributed by atoms with Crippen LogP contribution in [0.4, 0.5) is 0 Å². The third kappa shape index (κ3) is 4.41. The lowest BCUT2D eigenvalue weighted by Gasteiger charge is -2.07. The van der Waals surface area contributed by atoms with Crippen LogP contribution in [0.25, 0.3) is 0 Å². The van der Waals surface area contributed by atoms with E-state index in [1.165, 1.54) is 0 Å². The second kappa shape index (κ2) is 6.38. The first kappa shape index (κ1) is 13.6. The summed E-state index contributed by atoms with van der Waals surface area (Å²) >= 11 is 3.37. The minimum absolute atomic E-state index is 0.0495. The molecule has 0 heterocycles. The van der Waals surface area contributed by atoms with Gasteiger partial charge in [0.1, 0.15) is 12.4 Å². The van der Waals surface area contributed by atoms with Crippen molar-refractivity contribution in [3.63, 3.8) is 0 Å². The van der Waals surface area contributed by atoms with Gasteiger partial charge in [0.25, 0.3) is 0 Å². The van der Waals surface area contributed by atoms with Gasteiger partial charge in [-0.05, 0) is 35.4 Å². The Labute approximate surface area is 120 Å². The molecule has 0 radical (unpaired) electrons. The van der Waals surface area contributed by atoms with E-state index in [-0.39, 0.29) is 6.42 Å². The van der Waals surface area contributed by atoms with Crippen molar-refractivity contribution in [1.29, 1.82) is 0 Å². The molecule has 0 amide bonds. The zero-order valence-corrected chi connectivity index (χ0v) is 11.8. The molecule has 0 atom stereocenters. The predicted molar refractivity (Wildman–Crippen MR) is 76.3 cm³/mol. The van der Waals surface area contributed by atoms with Gasteiger partial charge in [-0.25, -0.2) is 0 Å². The quantitative estimate of drug-likeness (QED) is 0.914. The van der Waals surface area contributed by atoms with Crippen molar-refractivity contribution in [3.8, 4) is 5.75 Å². The van der Waals surface area contributed by atoms with Crippen LogP contribution in [0, 0.1) is 0 Å². The van der Waals surface area contributed by atoms with E-state index >= 15 is 0 Å². The predicted octanol–water partition coefficient (Wildman–Crippen LogP) is 3.66. The zero-order chi connectivity index (χ0) is 13.7. The van der Waals surface area contributed by atoms with Gasteiger partial charge < -0.3 is 9.84 Å². The molecule has 0 saturated heterocycles. The highest BCUT2D eigenvalue weighted by atomic mass is 79.9. The van der Waals surface area contributed by atoms with Crippen molar-refractivity contribution < 1.29 is 14.6 Å². The Kier molecular flexibility index (Phi) is 4.58. The number of halogens is 1. The largest absolute Gasteiger partial charge is 0.489 e. The van der Waals surface area contributed by atoms with Crippen LogP contribution in [0.3, 0.4) is 0 Å². The fraction of sp³-hybridized carbons (Fsp3) is 0.133. The Hall–Kier alpha value is -1.81. The molecule has 98 valence electrons. The maximum Gasteiger partial charge on any atom is 0.307 e. The standard InChI is InChI=1S/C15H13BrO3/c16-13-5-7-14(8-6-13)19-10-12-3-1-11(2-4-12)9-15(17)18/h1-8H,9-10H2,(H,17,18). The van der Waals surface area contributed by atoms with Crippen LogP contribution in [0.1, 0.15) is 11.1 Å². The van der Waals surface area contributed by atoms with Crippen molar-refractivity contribution in [1.82, 2.24) is 0 Å². The fourth-order valence-electron chi connectivity index (χ4n) is 1.63. The Bertz CT molecular complexity index is 547. The molecule has 19 heavy (non-hydrogen) atoms. The molecule has 2 rings (SSSR count). The number of hydrogen-bond acceptors (Lipinski definition) is 2. The Balaban J connectivity index is 1.92. The summed E-state index contributed by atoms with van der Waals surface area (Å²) in [5.74, 6) is -0.0170. The maximum absolute atomic E-state index is 10.6. The molecule has 2 aromatic rings. The first-order valence-corrected chi connectivity index (χ1v) is 6.61. The number of rotatable bonds is 5. The summed E-state index contributed by atoms with van der Waals surface area (Å²) in [6.07, 6.45) is 0.0495. The average molecular weight is 321 g/mol. The van der Waals surface area contributed by atoms with Crippen molar-refractivity contribution in [3.05, 3.63) is 64.1 Å². The molecule has 0 fully saturated rings. The van der Waals surface area contributed by atoms with Gasteiger partial charge in [0.05, 0.1) is 6.42 Å². The topological polar surface area (TPSA) is 46.5 Å². The van der Waals surface area contributed by atoms with Gasteiger partial charge in [-0.15, -0.1) is 0 Å². The number of ether oxygens (including phenoxy) is 1. The Morgan fingerprint density at radius 2 is 1.58 bits per heavy atom. The van der Waals surface area contributed by atoms with E-state index in [0.29, 0.717) is 6.61 Å². The molecular weight excluding hydrogens is 308 g/mol. The molecule has 0 aliphatic rings. The molecule has 1 N–H and O–H groups in total. The number of carbonyl (C=O) groups is 1. The lowest BCUT2D eigenvalue weighted by atomic mass is 10.1. The lowest BCUT2D eigenvalue weighted by molar-refractivity contribution is -0.136. The summed E-state index contributed by atoms with van der Waals surface area (Å²) in [4.78, 5) is 10.6. The van der Waals surface area contributed by atoms with Gasteiger partial charge in [0, 0.05) is 4.47 Å². The van der Waals surface area contributed by atoms with Crippen molar-refractivity contribution in [2.75, 3.05) is 0 Å². The minimum atomic E-state index is -0.820. The summed E-state index contributed by atoms with van der Waals surface area (Å²) in [6.45, 7) is 0.467. The summed E-state index contributed by atoms with van der Waals surface area (Å²) < 4.78 is 6.64. The molecule has 0 saturated carbocycles. The van der Waals surface area contributed by atoms with E-state index in [1.54, 1.807) is 0 Å². The molecule has 0 aliphatic heterocycles. The van der Waals surface area contributed by atoms with Crippen LogP contribution in [-0.2, 0) is 17.8 Å². The van der Waals surface area contributed by atoms with Gasteiger partial charge in [0.15, 0.2) is 0 Å². The molecule has 3 nitrogen and oxygen atoms in total. The molecule has 0 aliphatic carbocycles. The molecular formula is C15H13BrO3. The molecule has 2 aromatic carbocycles. The molecule has 0 aromatic heterocycles. The van der Waals surface area contributed by atoms with E-state index in [4.69, 9.17) is 9.84 Å². The van der Waals surface area contributed by atoms with E-state index in [0.717, 1.165) is 21.3 Å². The normalized spacial score (nSPS) is 10.2. The minimum Gasteiger partial charge on any atom is -0.489 e. The summed E-state index contributed by atoms with van der Waals surface area (Å²) in [7, 11) is 0. The van der Waals surface area contributed by atoms with Crippen LogP contribution in [0.5, 0.6) is 5.75 Å². The van der Waals surface area contributed by atoms with Crippen LogP contribution in [0.2, 0.25) is 0 Å². The third-order valence-electron chi connectivity index (χ3n) is 2.60. The maximum atomic E-state index is 10.6. The lowest BCUT2D eigenvalue weighted by Crippen LogP contribution is -2.00. The second-order valence-corrected chi connectivity index (χ2v) is 5.05. The van der Waals surface area contributed by atoms with Crippen molar-refractivity contribution >= 4 is 21.9 Å². The van der Waals surface area contributed by atoms with Crippen LogP contribution < -0.4 is 4.74 Å². The van der Waals surface area contributed by atoms with Gasteiger partial charge in [-0.1, -0.05) is 40.2 Å². The van der Waals surface area contributed by atoms with E-state index in [9.17, 15) is 4.79 Å². The van der Waals surface area contributed by atoms with Gasteiger partial charge in [-0.2, -0.15) is 0 Å².